The molecule has 130 valence electrons. The molecular weight excluding hydrogens is 302 g/mol. The first-order chi connectivity index (χ1) is 11.6. The van der Waals surface area contributed by atoms with Crippen LogP contribution in [0.4, 0.5) is 0 Å². The molecular formula is C19H27N3O2. The molecule has 0 aliphatic heterocycles. The minimum atomic E-state index is -0.699. The Bertz CT molecular complexity index is 702. The standard InChI is InChI=1S/C19H27N3O2/c1-3-21(15-9-5-4-6-10-15)18(24)13-22-17-12-8-7-11-16(17)20-19(22)14(2)23/h7-8,11-12,14-15,23H,3-6,9-10,13H2,1-2H3/t14-/m1/s1. The molecule has 0 radical (unpaired) electrons. The van der Waals surface area contributed by atoms with Crippen LogP contribution in [0.15, 0.2) is 24.3 Å². The monoisotopic (exact) mass is 329 g/mol. The topological polar surface area (TPSA) is 58.4 Å². The summed E-state index contributed by atoms with van der Waals surface area (Å²) in [5.74, 6) is 0.679. The first-order valence-corrected chi connectivity index (χ1v) is 9.04. The normalized spacial score (nSPS) is 17.1. The average molecular weight is 329 g/mol. The number of aromatic nitrogens is 2. The summed E-state index contributed by atoms with van der Waals surface area (Å²) in [7, 11) is 0. The molecule has 0 unspecified atom stereocenters. The third-order valence-electron chi connectivity index (χ3n) is 5.03. The van der Waals surface area contributed by atoms with Gasteiger partial charge in [0.25, 0.3) is 0 Å². The molecule has 1 fully saturated rings. The van der Waals surface area contributed by atoms with Crippen LogP contribution in [0.5, 0.6) is 0 Å². The van der Waals surface area contributed by atoms with E-state index in [4.69, 9.17) is 0 Å². The van der Waals surface area contributed by atoms with Gasteiger partial charge in [-0.15, -0.1) is 0 Å². The summed E-state index contributed by atoms with van der Waals surface area (Å²) < 4.78 is 1.87. The largest absolute Gasteiger partial charge is 0.385 e. The number of carbonyl (C=O) groups is 1. The SMILES string of the molecule is CCN(C(=O)Cn1c([C@@H](C)O)nc2ccccc21)C1CCCCC1. The number of aliphatic hydroxyl groups excluding tert-OH is 1. The molecule has 2 aromatic rings. The molecule has 1 amide bonds. The third-order valence-corrected chi connectivity index (χ3v) is 5.03. The minimum Gasteiger partial charge on any atom is -0.385 e. The molecule has 5 heteroatoms. The number of amides is 1. The number of likely N-dealkylation sites (N-methyl/N-ethyl adjacent to an activating group) is 1. The van der Waals surface area contributed by atoms with Gasteiger partial charge in [-0.3, -0.25) is 4.79 Å². The van der Waals surface area contributed by atoms with Crippen LogP contribution in [-0.2, 0) is 11.3 Å². The lowest BCUT2D eigenvalue weighted by atomic mass is 9.94. The van der Waals surface area contributed by atoms with E-state index in [0.717, 1.165) is 30.4 Å². The zero-order valence-electron chi connectivity index (χ0n) is 14.6. The van der Waals surface area contributed by atoms with E-state index >= 15 is 0 Å². The van der Waals surface area contributed by atoms with Crippen LogP contribution in [0.2, 0.25) is 0 Å². The molecule has 3 rings (SSSR count). The van der Waals surface area contributed by atoms with E-state index in [2.05, 4.69) is 4.98 Å². The van der Waals surface area contributed by atoms with Gasteiger partial charge in [-0.25, -0.2) is 4.98 Å². The highest BCUT2D eigenvalue weighted by Gasteiger charge is 2.25. The number of imidazole rings is 1. The molecule has 1 N–H and O–H groups in total. The molecule has 1 aromatic carbocycles. The summed E-state index contributed by atoms with van der Waals surface area (Å²) in [5.41, 5.74) is 1.73. The number of benzene rings is 1. The fraction of sp³-hybridized carbons (Fsp3) is 0.579. The second-order valence-corrected chi connectivity index (χ2v) is 6.69. The summed E-state index contributed by atoms with van der Waals surface area (Å²) >= 11 is 0. The summed E-state index contributed by atoms with van der Waals surface area (Å²) in [6.07, 6.45) is 5.21. The second kappa shape index (κ2) is 7.34. The molecule has 1 atom stereocenters. The van der Waals surface area contributed by atoms with Crippen LogP contribution in [0.1, 0.15) is 57.9 Å². The van der Waals surface area contributed by atoms with Crippen molar-refractivity contribution in [2.75, 3.05) is 6.54 Å². The van der Waals surface area contributed by atoms with Gasteiger partial charge in [0.05, 0.1) is 11.0 Å². The van der Waals surface area contributed by atoms with Crippen LogP contribution < -0.4 is 0 Å². The Hall–Kier alpha value is -1.88. The maximum Gasteiger partial charge on any atom is 0.242 e. The number of hydrogen-bond donors (Lipinski definition) is 1. The predicted octanol–water partition coefficient (Wildman–Crippen LogP) is 3.27. The number of nitrogens with zero attached hydrogens (tertiary/aromatic N) is 3. The van der Waals surface area contributed by atoms with Crippen LogP contribution in [0.25, 0.3) is 11.0 Å². The molecule has 1 saturated carbocycles. The Morgan fingerprint density at radius 2 is 2.04 bits per heavy atom. The number of aliphatic hydroxyl groups is 1. The van der Waals surface area contributed by atoms with Crippen LogP contribution >= 0.6 is 0 Å². The third kappa shape index (κ3) is 3.31. The highest BCUT2D eigenvalue weighted by molar-refractivity contribution is 5.81. The number of carbonyl (C=O) groups excluding carboxylic acids is 1. The summed E-state index contributed by atoms with van der Waals surface area (Å²) in [6.45, 7) is 4.72. The van der Waals surface area contributed by atoms with Crippen LogP contribution in [0, 0.1) is 0 Å². The Morgan fingerprint density at radius 3 is 2.71 bits per heavy atom. The highest BCUT2D eigenvalue weighted by Crippen LogP contribution is 2.24. The van der Waals surface area contributed by atoms with Crippen molar-refractivity contribution in [1.29, 1.82) is 0 Å². The molecule has 0 bridgehead atoms. The van der Waals surface area contributed by atoms with Gasteiger partial charge in [-0.05, 0) is 38.8 Å². The second-order valence-electron chi connectivity index (χ2n) is 6.69. The van der Waals surface area contributed by atoms with Gasteiger partial charge in [0.15, 0.2) is 0 Å². The number of hydrogen-bond acceptors (Lipinski definition) is 3. The first kappa shape index (κ1) is 17.0. The summed E-state index contributed by atoms with van der Waals surface area (Å²) in [5, 5.41) is 10.1. The van der Waals surface area contributed by atoms with Crippen molar-refractivity contribution in [3.05, 3.63) is 30.1 Å². The van der Waals surface area contributed by atoms with Crippen LogP contribution in [0.3, 0.4) is 0 Å². The molecule has 1 heterocycles. The number of para-hydroxylation sites is 2. The molecule has 5 nitrogen and oxygen atoms in total. The van der Waals surface area contributed by atoms with E-state index in [0.29, 0.717) is 11.9 Å². The fourth-order valence-electron chi connectivity index (χ4n) is 3.84. The van der Waals surface area contributed by atoms with Crippen LogP contribution in [-0.4, -0.2) is 38.1 Å². The zero-order valence-corrected chi connectivity index (χ0v) is 14.6. The lowest BCUT2D eigenvalue weighted by Gasteiger charge is -2.34. The van der Waals surface area contributed by atoms with E-state index in [9.17, 15) is 9.90 Å². The van der Waals surface area contributed by atoms with Crippen molar-refractivity contribution in [2.45, 2.75) is 64.6 Å². The summed E-state index contributed by atoms with van der Waals surface area (Å²) in [6, 6.07) is 8.10. The smallest absolute Gasteiger partial charge is 0.242 e. The van der Waals surface area contributed by atoms with Crippen molar-refractivity contribution in [3.63, 3.8) is 0 Å². The van der Waals surface area contributed by atoms with E-state index < -0.39 is 6.10 Å². The zero-order chi connectivity index (χ0) is 17.1. The van der Waals surface area contributed by atoms with Crippen molar-refractivity contribution >= 4 is 16.9 Å². The number of fused-ring (bicyclic) bond motifs is 1. The van der Waals surface area contributed by atoms with Gasteiger partial charge >= 0.3 is 0 Å². The Morgan fingerprint density at radius 1 is 1.33 bits per heavy atom. The first-order valence-electron chi connectivity index (χ1n) is 9.04. The van der Waals surface area contributed by atoms with E-state index in [-0.39, 0.29) is 12.5 Å². The van der Waals surface area contributed by atoms with Crippen molar-refractivity contribution in [2.24, 2.45) is 0 Å². The van der Waals surface area contributed by atoms with Crippen molar-refractivity contribution < 1.29 is 9.90 Å². The quantitative estimate of drug-likeness (QED) is 0.916. The summed E-state index contributed by atoms with van der Waals surface area (Å²) in [4.78, 5) is 19.5. The van der Waals surface area contributed by atoms with Gasteiger partial charge in [-0.2, -0.15) is 0 Å². The molecule has 1 aromatic heterocycles. The van der Waals surface area contributed by atoms with E-state index in [1.165, 1.54) is 19.3 Å². The number of rotatable bonds is 5. The highest BCUT2D eigenvalue weighted by atomic mass is 16.3. The van der Waals surface area contributed by atoms with Gasteiger partial charge in [-0.1, -0.05) is 31.4 Å². The van der Waals surface area contributed by atoms with Crippen molar-refractivity contribution in [1.82, 2.24) is 14.5 Å². The molecule has 1 aliphatic carbocycles. The molecule has 0 spiro atoms. The van der Waals surface area contributed by atoms with Crippen molar-refractivity contribution in [3.8, 4) is 0 Å². The van der Waals surface area contributed by atoms with E-state index in [1.807, 2.05) is 40.7 Å². The van der Waals surface area contributed by atoms with Gasteiger partial charge in [0.1, 0.15) is 18.5 Å². The Balaban J connectivity index is 1.87. The van der Waals surface area contributed by atoms with E-state index in [1.54, 1.807) is 6.92 Å². The average Bonchev–Trinajstić information content (AvgIpc) is 2.95. The lowest BCUT2D eigenvalue weighted by molar-refractivity contribution is -0.134. The lowest BCUT2D eigenvalue weighted by Crippen LogP contribution is -2.43. The molecule has 24 heavy (non-hydrogen) atoms. The Kier molecular flexibility index (Phi) is 5.19. The van der Waals surface area contributed by atoms with Gasteiger partial charge < -0.3 is 14.6 Å². The minimum absolute atomic E-state index is 0.120. The van der Waals surface area contributed by atoms with Gasteiger partial charge in [0, 0.05) is 12.6 Å². The predicted molar refractivity (Wildman–Crippen MR) is 94.6 cm³/mol. The maximum absolute atomic E-state index is 13.0. The maximum atomic E-state index is 13.0. The molecule has 1 aliphatic rings. The van der Waals surface area contributed by atoms with Gasteiger partial charge in [0.2, 0.25) is 5.91 Å². The fourth-order valence-corrected chi connectivity index (χ4v) is 3.84. The Labute approximate surface area is 143 Å². The molecule has 0 saturated heterocycles.